The van der Waals surface area contributed by atoms with Crippen LogP contribution in [0.5, 0.6) is 5.75 Å². The fraction of sp³-hybridized carbons (Fsp3) is 0.579. The van der Waals surface area contributed by atoms with Gasteiger partial charge in [-0.15, -0.1) is 0 Å². The van der Waals surface area contributed by atoms with Gasteiger partial charge >= 0.3 is 5.69 Å². The molecule has 156 valence electrons. The third kappa shape index (κ3) is 2.73. The summed E-state index contributed by atoms with van der Waals surface area (Å²) in [6.45, 7) is 2.13. The highest BCUT2D eigenvalue weighted by molar-refractivity contribution is 5.91. The summed E-state index contributed by atoms with van der Waals surface area (Å²) in [6.07, 6.45) is 2.77. The van der Waals surface area contributed by atoms with Gasteiger partial charge in [-0.05, 0) is 18.9 Å². The molecule has 2 N–H and O–H groups in total. The van der Waals surface area contributed by atoms with Crippen molar-refractivity contribution in [2.45, 2.75) is 37.5 Å². The molecule has 2 aliphatic heterocycles. The summed E-state index contributed by atoms with van der Waals surface area (Å²) in [5.74, 6) is 4.68. The molecular formula is C19H23FN4O5. The molecule has 0 amide bonds. The van der Waals surface area contributed by atoms with E-state index in [4.69, 9.17) is 20.1 Å². The van der Waals surface area contributed by atoms with E-state index in [9.17, 15) is 9.59 Å². The lowest BCUT2D eigenvalue weighted by Crippen LogP contribution is -2.46. The van der Waals surface area contributed by atoms with Gasteiger partial charge in [0.25, 0.3) is 5.56 Å². The van der Waals surface area contributed by atoms with Crippen LogP contribution in [0.15, 0.2) is 15.7 Å². The third-order valence-corrected chi connectivity index (χ3v) is 6.06. The zero-order valence-corrected chi connectivity index (χ0v) is 16.1. The van der Waals surface area contributed by atoms with E-state index in [1.54, 1.807) is 0 Å². The van der Waals surface area contributed by atoms with Crippen LogP contribution < -0.4 is 26.7 Å². The summed E-state index contributed by atoms with van der Waals surface area (Å²) >= 11 is 0. The Hall–Kier alpha value is -2.59. The van der Waals surface area contributed by atoms with Crippen molar-refractivity contribution in [2.75, 3.05) is 44.2 Å². The molecule has 2 aromatic rings. The predicted molar refractivity (Wildman–Crippen MR) is 103 cm³/mol. The first-order valence-electron chi connectivity index (χ1n) is 9.81. The second kappa shape index (κ2) is 6.46. The van der Waals surface area contributed by atoms with Crippen LogP contribution in [-0.2, 0) is 9.47 Å². The van der Waals surface area contributed by atoms with Crippen LogP contribution in [0.4, 0.5) is 10.1 Å². The summed E-state index contributed by atoms with van der Waals surface area (Å²) in [4.78, 5) is 27.1. The van der Waals surface area contributed by atoms with E-state index in [0.717, 1.165) is 18.9 Å². The van der Waals surface area contributed by atoms with Gasteiger partial charge in [-0.2, -0.15) is 4.68 Å². The standard InChI is InChI=1S/C19H23FN4O5/c1-27-16-14-12(17(25)24(21)18(26)23(14)11-2-3-11)10-13(20)15(16)22-6-4-19(5-7-22)28-8-9-29-19/h10-11H,2-9,21H2,1H3. The van der Waals surface area contributed by atoms with Gasteiger partial charge in [-0.3, -0.25) is 9.36 Å². The largest absolute Gasteiger partial charge is 0.492 e. The summed E-state index contributed by atoms with van der Waals surface area (Å²) in [7, 11) is 1.42. The third-order valence-electron chi connectivity index (χ3n) is 6.06. The van der Waals surface area contributed by atoms with Gasteiger partial charge in [0.05, 0.1) is 25.7 Å². The molecule has 0 radical (unpaired) electrons. The number of aromatic nitrogens is 2. The van der Waals surface area contributed by atoms with Gasteiger partial charge < -0.3 is 25.0 Å². The Morgan fingerprint density at radius 2 is 1.86 bits per heavy atom. The van der Waals surface area contributed by atoms with Crippen LogP contribution in [-0.4, -0.2) is 48.4 Å². The van der Waals surface area contributed by atoms with E-state index in [2.05, 4.69) is 0 Å². The van der Waals surface area contributed by atoms with Crippen molar-refractivity contribution in [2.24, 2.45) is 0 Å². The van der Waals surface area contributed by atoms with E-state index in [0.29, 0.717) is 49.3 Å². The SMILES string of the molecule is COc1c(N2CCC3(CC2)OCCO3)c(F)cc2c(=O)n(N)c(=O)n(C3CC3)c12. The second-order valence-corrected chi connectivity index (χ2v) is 7.79. The fourth-order valence-electron chi connectivity index (χ4n) is 4.45. The van der Waals surface area contributed by atoms with Crippen LogP contribution in [0.1, 0.15) is 31.7 Å². The number of hydrogen-bond donors (Lipinski definition) is 1. The molecule has 10 heteroatoms. The molecule has 3 heterocycles. The maximum atomic E-state index is 15.2. The molecule has 0 unspecified atom stereocenters. The molecule has 1 spiro atoms. The molecule has 1 aromatic heterocycles. The van der Waals surface area contributed by atoms with Gasteiger partial charge in [-0.1, -0.05) is 0 Å². The highest BCUT2D eigenvalue weighted by Gasteiger charge is 2.41. The van der Waals surface area contributed by atoms with E-state index in [1.807, 2.05) is 4.90 Å². The normalized spacial score (nSPS) is 21.2. The Morgan fingerprint density at radius 1 is 1.21 bits per heavy atom. The van der Waals surface area contributed by atoms with E-state index >= 15 is 4.39 Å². The summed E-state index contributed by atoms with van der Waals surface area (Å²) in [6, 6.07) is 1.09. The minimum Gasteiger partial charge on any atom is -0.492 e. The predicted octanol–water partition coefficient (Wildman–Crippen LogP) is 0.703. The maximum Gasteiger partial charge on any atom is 0.350 e. The number of methoxy groups -OCH3 is 1. The molecule has 2 saturated heterocycles. The average molecular weight is 406 g/mol. The Kier molecular flexibility index (Phi) is 4.11. The van der Waals surface area contributed by atoms with Crippen molar-refractivity contribution >= 4 is 16.6 Å². The number of nitrogen functional groups attached to an aromatic ring is 1. The molecule has 1 aromatic carbocycles. The summed E-state index contributed by atoms with van der Waals surface area (Å²) < 4.78 is 34.3. The minimum atomic E-state index is -0.740. The van der Waals surface area contributed by atoms with E-state index in [-0.39, 0.29) is 22.9 Å². The van der Waals surface area contributed by atoms with Gasteiger partial charge in [0.1, 0.15) is 11.2 Å². The number of piperidine rings is 1. The lowest BCUT2D eigenvalue weighted by Gasteiger charge is -2.39. The first-order chi connectivity index (χ1) is 14.0. The van der Waals surface area contributed by atoms with E-state index in [1.165, 1.54) is 11.7 Å². The van der Waals surface area contributed by atoms with Crippen molar-refractivity contribution in [1.29, 1.82) is 0 Å². The number of anilines is 1. The number of rotatable bonds is 3. The molecule has 0 atom stereocenters. The first kappa shape index (κ1) is 18.4. The lowest BCUT2D eigenvalue weighted by molar-refractivity contribution is -0.169. The van der Waals surface area contributed by atoms with Crippen LogP contribution in [0.3, 0.4) is 0 Å². The molecule has 1 saturated carbocycles. The van der Waals surface area contributed by atoms with Gasteiger partial charge in [-0.25, -0.2) is 9.18 Å². The quantitative estimate of drug-likeness (QED) is 0.749. The smallest absolute Gasteiger partial charge is 0.350 e. The number of ether oxygens (including phenoxy) is 3. The zero-order valence-electron chi connectivity index (χ0n) is 16.1. The first-order valence-corrected chi connectivity index (χ1v) is 9.81. The highest BCUT2D eigenvalue weighted by Crippen LogP contribution is 2.44. The summed E-state index contributed by atoms with van der Waals surface area (Å²) in [5, 5.41) is 0.0352. The van der Waals surface area contributed by atoms with Crippen molar-refractivity contribution in [3.05, 3.63) is 32.7 Å². The van der Waals surface area contributed by atoms with Crippen LogP contribution in [0.25, 0.3) is 10.9 Å². The molecule has 5 rings (SSSR count). The minimum absolute atomic E-state index is 0.0352. The Labute approximate surface area is 165 Å². The van der Waals surface area contributed by atoms with E-state index < -0.39 is 22.9 Å². The van der Waals surface area contributed by atoms with Gasteiger partial charge in [0.15, 0.2) is 17.4 Å². The van der Waals surface area contributed by atoms with Crippen molar-refractivity contribution < 1.29 is 18.6 Å². The van der Waals surface area contributed by atoms with Crippen molar-refractivity contribution in [1.82, 2.24) is 9.24 Å². The molecule has 0 bridgehead atoms. The number of benzene rings is 1. The highest BCUT2D eigenvalue weighted by atomic mass is 19.1. The zero-order chi connectivity index (χ0) is 20.3. The Balaban J connectivity index is 1.68. The molecular weight excluding hydrogens is 383 g/mol. The van der Waals surface area contributed by atoms with Crippen molar-refractivity contribution in [3.8, 4) is 5.75 Å². The average Bonchev–Trinajstić information content (AvgIpc) is 3.46. The fourth-order valence-corrected chi connectivity index (χ4v) is 4.45. The topological polar surface area (TPSA) is 101 Å². The molecule has 29 heavy (non-hydrogen) atoms. The van der Waals surface area contributed by atoms with Crippen LogP contribution >= 0.6 is 0 Å². The number of fused-ring (bicyclic) bond motifs is 1. The maximum absolute atomic E-state index is 15.2. The van der Waals surface area contributed by atoms with Gasteiger partial charge in [0.2, 0.25) is 0 Å². The number of nitrogens with two attached hydrogens (primary N) is 1. The number of hydrogen-bond acceptors (Lipinski definition) is 7. The Bertz CT molecular complexity index is 1090. The Morgan fingerprint density at radius 3 is 2.45 bits per heavy atom. The van der Waals surface area contributed by atoms with Crippen LogP contribution in [0, 0.1) is 5.82 Å². The van der Waals surface area contributed by atoms with Crippen LogP contribution in [0.2, 0.25) is 0 Å². The van der Waals surface area contributed by atoms with Crippen molar-refractivity contribution in [3.63, 3.8) is 0 Å². The molecule has 1 aliphatic carbocycles. The monoisotopic (exact) mass is 406 g/mol. The molecule has 3 fully saturated rings. The number of nitrogens with zero attached hydrogens (tertiary/aromatic N) is 3. The lowest BCUT2D eigenvalue weighted by atomic mass is 10.0. The second-order valence-electron chi connectivity index (χ2n) is 7.79. The molecule has 9 nitrogen and oxygen atoms in total. The summed E-state index contributed by atoms with van der Waals surface area (Å²) in [5.41, 5.74) is -0.810. The number of halogens is 1. The van der Waals surface area contributed by atoms with Gasteiger partial charge in [0, 0.05) is 32.0 Å². The molecule has 3 aliphatic rings.